The van der Waals surface area contributed by atoms with Crippen molar-refractivity contribution in [1.29, 1.82) is 10.5 Å². The first-order valence-electron chi connectivity index (χ1n) is 5.27. The minimum Gasteiger partial charge on any atom is -0.293 e. The third-order valence-electron chi connectivity index (χ3n) is 3.64. The first-order chi connectivity index (χ1) is 8.02. The average Bonchev–Trinajstić information content (AvgIpc) is 2.34. The number of rotatable bonds is 0. The molecular formula is C13H10N2O2. The topological polar surface area (TPSA) is 81.7 Å². The lowest BCUT2D eigenvalue weighted by Gasteiger charge is -2.42. The van der Waals surface area contributed by atoms with Gasteiger partial charge in [-0.2, -0.15) is 10.5 Å². The summed E-state index contributed by atoms with van der Waals surface area (Å²) in [7, 11) is 0. The first-order valence-corrected chi connectivity index (χ1v) is 5.27. The van der Waals surface area contributed by atoms with E-state index >= 15 is 0 Å². The molecule has 0 radical (unpaired) electrons. The van der Waals surface area contributed by atoms with E-state index in [1.165, 1.54) is 0 Å². The van der Waals surface area contributed by atoms with Gasteiger partial charge < -0.3 is 0 Å². The van der Waals surface area contributed by atoms with Crippen LogP contribution in [0.1, 0.15) is 19.8 Å². The first kappa shape index (κ1) is 11.3. The molecule has 0 bridgehead atoms. The Hall–Kier alpha value is -2.20. The molecule has 4 heteroatoms. The van der Waals surface area contributed by atoms with Gasteiger partial charge in [0.25, 0.3) is 0 Å². The van der Waals surface area contributed by atoms with Crippen molar-refractivity contribution in [2.45, 2.75) is 19.8 Å². The summed E-state index contributed by atoms with van der Waals surface area (Å²) in [6.07, 6.45) is 4.31. The molecule has 0 heterocycles. The monoisotopic (exact) mass is 226 g/mol. The number of allylic oxidation sites excluding steroid dienone is 4. The van der Waals surface area contributed by atoms with E-state index in [0.717, 1.165) is 17.7 Å². The van der Waals surface area contributed by atoms with Crippen LogP contribution in [0.5, 0.6) is 0 Å². The Morgan fingerprint density at radius 1 is 1.12 bits per heavy atom. The molecule has 2 atom stereocenters. The van der Waals surface area contributed by atoms with E-state index in [0.29, 0.717) is 0 Å². The van der Waals surface area contributed by atoms with E-state index in [1.807, 2.05) is 12.1 Å². The molecule has 2 aliphatic rings. The van der Waals surface area contributed by atoms with Gasteiger partial charge >= 0.3 is 0 Å². The van der Waals surface area contributed by atoms with Crippen LogP contribution in [0.2, 0.25) is 0 Å². The lowest BCUT2D eigenvalue weighted by atomic mass is 9.52. The molecule has 0 aromatic rings. The second-order valence-electron chi connectivity index (χ2n) is 4.53. The highest BCUT2D eigenvalue weighted by molar-refractivity contribution is 6.14. The van der Waals surface area contributed by atoms with Crippen LogP contribution >= 0.6 is 0 Å². The van der Waals surface area contributed by atoms with E-state index in [2.05, 4.69) is 0 Å². The van der Waals surface area contributed by atoms with Crippen LogP contribution in [0, 0.1) is 33.5 Å². The Morgan fingerprint density at radius 2 is 1.65 bits per heavy atom. The van der Waals surface area contributed by atoms with Crippen molar-refractivity contribution >= 4 is 11.6 Å². The van der Waals surface area contributed by atoms with Gasteiger partial charge in [0, 0.05) is 0 Å². The van der Waals surface area contributed by atoms with Crippen LogP contribution < -0.4 is 0 Å². The van der Waals surface area contributed by atoms with Crippen molar-refractivity contribution in [3.8, 4) is 12.1 Å². The van der Waals surface area contributed by atoms with Gasteiger partial charge in [-0.25, -0.2) is 0 Å². The van der Waals surface area contributed by atoms with E-state index in [1.54, 1.807) is 13.0 Å². The summed E-state index contributed by atoms with van der Waals surface area (Å²) in [5.41, 5.74) is -2.20. The summed E-state index contributed by atoms with van der Waals surface area (Å²) in [6.45, 7) is 1.80. The molecule has 0 aliphatic heterocycles. The number of ketones is 2. The number of fused-ring (bicyclic) bond motifs is 1. The van der Waals surface area contributed by atoms with Gasteiger partial charge in [-0.05, 0) is 31.9 Å². The second kappa shape index (κ2) is 3.40. The van der Waals surface area contributed by atoms with Crippen LogP contribution in [-0.4, -0.2) is 11.6 Å². The molecule has 0 aromatic carbocycles. The Morgan fingerprint density at radius 3 is 2.18 bits per heavy atom. The van der Waals surface area contributed by atoms with Crippen molar-refractivity contribution in [2.75, 3.05) is 0 Å². The van der Waals surface area contributed by atoms with Crippen molar-refractivity contribution in [3.63, 3.8) is 0 Å². The second-order valence-corrected chi connectivity index (χ2v) is 4.53. The molecule has 2 rings (SSSR count). The fourth-order valence-electron chi connectivity index (χ4n) is 2.57. The molecule has 4 nitrogen and oxygen atoms in total. The van der Waals surface area contributed by atoms with E-state index in [4.69, 9.17) is 0 Å². The number of carbonyl (C=O) groups is 2. The third kappa shape index (κ3) is 1.15. The number of hydrogen-bond acceptors (Lipinski definition) is 4. The van der Waals surface area contributed by atoms with Gasteiger partial charge in [0.05, 0.1) is 12.1 Å². The zero-order chi connectivity index (χ0) is 12.7. The summed E-state index contributed by atoms with van der Waals surface area (Å²) < 4.78 is 0. The van der Waals surface area contributed by atoms with Gasteiger partial charge in [0.2, 0.25) is 0 Å². The van der Waals surface area contributed by atoms with E-state index in [9.17, 15) is 20.1 Å². The molecule has 0 unspecified atom stereocenters. The summed E-state index contributed by atoms with van der Waals surface area (Å²) in [5.74, 6) is -0.876. The minimum atomic E-state index is -1.54. The fourth-order valence-corrected chi connectivity index (χ4v) is 2.57. The quantitative estimate of drug-likeness (QED) is 0.585. The standard InChI is InChI=1S/C13H10N2O2/c1-9-4-5-12(7-14)10(16)2-3-11(17)13(12,6-9)8-15/h2-4H,5-6H2,1H3/t12-,13+/m0/s1. The van der Waals surface area contributed by atoms with E-state index in [-0.39, 0.29) is 12.8 Å². The number of carbonyl (C=O) groups excluding carboxylic acids is 2. The van der Waals surface area contributed by atoms with Crippen molar-refractivity contribution in [2.24, 2.45) is 10.8 Å². The van der Waals surface area contributed by atoms with Crippen molar-refractivity contribution < 1.29 is 9.59 Å². The maximum Gasteiger partial charge on any atom is 0.178 e. The van der Waals surface area contributed by atoms with Gasteiger partial charge in [-0.1, -0.05) is 11.6 Å². The molecule has 0 fully saturated rings. The fraction of sp³-hybridized carbons (Fsp3) is 0.385. The molecule has 84 valence electrons. The van der Waals surface area contributed by atoms with Gasteiger partial charge in [0.15, 0.2) is 11.6 Å². The predicted molar refractivity (Wildman–Crippen MR) is 58.2 cm³/mol. The lowest BCUT2D eigenvalue weighted by molar-refractivity contribution is -0.137. The highest BCUT2D eigenvalue weighted by Gasteiger charge is 2.63. The number of nitriles is 2. The smallest absolute Gasteiger partial charge is 0.178 e. The van der Waals surface area contributed by atoms with Gasteiger partial charge in [0.1, 0.15) is 10.8 Å². The highest BCUT2D eigenvalue weighted by Crippen LogP contribution is 2.53. The third-order valence-corrected chi connectivity index (χ3v) is 3.64. The normalized spacial score (nSPS) is 35.6. The molecule has 0 amide bonds. The molecule has 0 saturated heterocycles. The lowest BCUT2D eigenvalue weighted by Crippen LogP contribution is -2.53. The Kier molecular flexibility index (Phi) is 2.26. The predicted octanol–water partition coefficient (Wildman–Crippen LogP) is 1.45. The molecule has 17 heavy (non-hydrogen) atoms. The van der Waals surface area contributed by atoms with Crippen molar-refractivity contribution in [3.05, 3.63) is 23.8 Å². The van der Waals surface area contributed by atoms with Crippen LogP contribution in [0.25, 0.3) is 0 Å². The minimum absolute atomic E-state index is 0.137. The number of nitrogens with zero attached hydrogens (tertiary/aromatic N) is 2. The van der Waals surface area contributed by atoms with Crippen LogP contribution in [0.3, 0.4) is 0 Å². The van der Waals surface area contributed by atoms with Gasteiger partial charge in [-0.15, -0.1) is 0 Å². The molecule has 2 aliphatic carbocycles. The zero-order valence-electron chi connectivity index (χ0n) is 9.36. The Labute approximate surface area is 98.8 Å². The van der Waals surface area contributed by atoms with Crippen molar-refractivity contribution in [1.82, 2.24) is 0 Å². The highest BCUT2D eigenvalue weighted by atomic mass is 16.1. The van der Waals surface area contributed by atoms with Gasteiger partial charge in [-0.3, -0.25) is 9.59 Å². The molecule has 0 spiro atoms. The van der Waals surface area contributed by atoms with E-state index < -0.39 is 22.4 Å². The molecule has 0 N–H and O–H groups in total. The molecule has 0 aromatic heterocycles. The summed E-state index contributed by atoms with van der Waals surface area (Å²) in [6, 6.07) is 3.86. The Bertz CT molecular complexity index is 559. The van der Waals surface area contributed by atoms with Crippen LogP contribution in [0.15, 0.2) is 23.8 Å². The largest absolute Gasteiger partial charge is 0.293 e. The number of hydrogen-bond donors (Lipinski definition) is 0. The maximum absolute atomic E-state index is 12.0. The summed E-state index contributed by atoms with van der Waals surface area (Å²) >= 11 is 0. The maximum atomic E-state index is 12.0. The van der Waals surface area contributed by atoms with Crippen LogP contribution in [0.4, 0.5) is 0 Å². The zero-order valence-corrected chi connectivity index (χ0v) is 9.36. The Balaban J connectivity index is 2.76. The summed E-state index contributed by atoms with van der Waals surface area (Å²) in [4.78, 5) is 24.0. The summed E-state index contributed by atoms with van der Waals surface area (Å²) in [5, 5.41) is 18.7. The molecular weight excluding hydrogens is 216 g/mol. The average molecular weight is 226 g/mol. The SMILES string of the molecule is CC1=CC[C@]2(C#N)C(=O)C=CC(=O)[C@]2(C#N)C1. The van der Waals surface area contributed by atoms with Crippen LogP contribution in [-0.2, 0) is 9.59 Å². The molecule has 0 saturated carbocycles.